The second kappa shape index (κ2) is 6.76. The van der Waals surface area contributed by atoms with Crippen molar-refractivity contribution in [3.05, 3.63) is 0 Å². The molecule has 0 radical (unpaired) electrons. The summed E-state index contributed by atoms with van der Waals surface area (Å²) in [7, 11) is 0. The van der Waals surface area contributed by atoms with Gasteiger partial charge in [-0.2, -0.15) is 0 Å². The minimum absolute atomic E-state index is 0.180. The lowest BCUT2D eigenvalue weighted by atomic mass is 10.0. The Morgan fingerprint density at radius 2 is 2.00 bits per heavy atom. The van der Waals surface area contributed by atoms with Gasteiger partial charge in [0.1, 0.15) is 5.60 Å². The number of amides is 1. The Morgan fingerprint density at radius 1 is 1.30 bits per heavy atom. The van der Waals surface area contributed by atoms with Crippen LogP contribution in [0.25, 0.3) is 0 Å². The molecule has 1 atom stereocenters. The van der Waals surface area contributed by atoms with Gasteiger partial charge in [-0.3, -0.25) is 0 Å². The molecule has 2 aliphatic heterocycles. The summed E-state index contributed by atoms with van der Waals surface area (Å²) >= 11 is 0. The molecule has 0 bridgehead atoms. The van der Waals surface area contributed by atoms with Crippen LogP contribution in [0.15, 0.2) is 0 Å². The van der Waals surface area contributed by atoms with Crippen molar-refractivity contribution < 1.29 is 14.3 Å². The largest absolute Gasteiger partial charge is 0.444 e. The second-order valence-electron chi connectivity index (χ2n) is 6.88. The van der Waals surface area contributed by atoms with Crippen LogP contribution in [-0.4, -0.2) is 55.5 Å². The van der Waals surface area contributed by atoms with E-state index in [4.69, 9.17) is 9.47 Å². The van der Waals surface area contributed by atoms with Crippen molar-refractivity contribution >= 4 is 6.09 Å². The molecule has 1 amide bonds. The molecule has 2 saturated heterocycles. The van der Waals surface area contributed by atoms with Crippen LogP contribution in [0.1, 0.15) is 40.0 Å². The summed E-state index contributed by atoms with van der Waals surface area (Å²) in [4.78, 5) is 13.8. The van der Waals surface area contributed by atoms with E-state index in [0.717, 1.165) is 45.7 Å². The third-order valence-corrected chi connectivity index (χ3v) is 3.87. The number of nitrogens with one attached hydrogen (secondary N) is 1. The first-order valence-electron chi connectivity index (χ1n) is 7.73. The molecule has 5 nitrogen and oxygen atoms in total. The quantitative estimate of drug-likeness (QED) is 0.861. The summed E-state index contributed by atoms with van der Waals surface area (Å²) < 4.78 is 10.8. The highest BCUT2D eigenvalue weighted by Crippen LogP contribution is 2.16. The molecule has 2 rings (SSSR count). The third-order valence-electron chi connectivity index (χ3n) is 3.87. The first kappa shape index (κ1) is 15.6. The molecule has 0 aromatic heterocycles. The summed E-state index contributed by atoms with van der Waals surface area (Å²) in [5.41, 5.74) is -0.408. The molecule has 2 heterocycles. The van der Waals surface area contributed by atoms with Gasteiger partial charge in [0.05, 0.1) is 6.61 Å². The van der Waals surface area contributed by atoms with E-state index in [9.17, 15) is 4.79 Å². The zero-order valence-electron chi connectivity index (χ0n) is 13.0. The number of hydrogen-bond donors (Lipinski definition) is 1. The summed E-state index contributed by atoms with van der Waals surface area (Å²) in [6.07, 6.45) is 3.00. The normalized spacial score (nSPS) is 24.9. The number of carbonyl (C=O) groups excluding carboxylic acids is 1. The standard InChI is InChI=1S/C15H28N2O3/c1-15(2,3)20-14(18)17-7-4-13(5-8-17)16-10-12-6-9-19-11-12/h12-13,16H,4-11H2,1-3H3. The smallest absolute Gasteiger partial charge is 0.410 e. The van der Waals surface area contributed by atoms with Gasteiger partial charge < -0.3 is 19.7 Å². The van der Waals surface area contributed by atoms with Crippen molar-refractivity contribution in [3.63, 3.8) is 0 Å². The fourth-order valence-electron chi connectivity index (χ4n) is 2.67. The van der Waals surface area contributed by atoms with E-state index in [1.54, 1.807) is 0 Å². The van der Waals surface area contributed by atoms with Crippen LogP contribution in [0.3, 0.4) is 0 Å². The molecule has 0 saturated carbocycles. The van der Waals surface area contributed by atoms with Gasteiger partial charge in [-0.05, 0) is 46.0 Å². The van der Waals surface area contributed by atoms with Crippen LogP contribution in [0.2, 0.25) is 0 Å². The van der Waals surface area contributed by atoms with Gasteiger partial charge in [-0.15, -0.1) is 0 Å². The minimum Gasteiger partial charge on any atom is -0.444 e. The molecule has 0 aromatic carbocycles. The lowest BCUT2D eigenvalue weighted by molar-refractivity contribution is 0.0197. The highest BCUT2D eigenvalue weighted by atomic mass is 16.6. The van der Waals surface area contributed by atoms with E-state index in [1.807, 2.05) is 25.7 Å². The van der Waals surface area contributed by atoms with Crippen molar-refractivity contribution in [1.82, 2.24) is 10.2 Å². The first-order valence-corrected chi connectivity index (χ1v) is 7.73. The number of carbonyl (C=O) groups is 1. The molecule has 2 aliphatic rings. The lowest BCUT2D eigenvalue weighted by Gasteiger charge is -2.34. The van der Waals surface area contributed by atoms with Gasteiger partial charge in [0.15, 0.2) is 0 Å². The molecule has 1 unspecified atom stereocenters. The van der Waals surface area contributed by atoms with Crippen molar-refractivity contribution in [2.45, 2.75) is 51.7 Å². The Bertz CT molecular complexity index is 314. The van der Waals surface area contributed by atoms with Crippen molar-refractivity contribution in [3.8, 4) is 0 Å². The number of hydrogen-bond acceptors (Lipinski definition) is 4. The topological polar surface area (TPSA) is 50.8 Å². The fraction of sp³-hybridized carbons (Fsp3) is 0.933. The van der Waals surface area contributed by atoms with Crippen LogP contribution in [-0.2, 0) is 9.47 Å². The molecule has 5 heteroatoms. The number of likely N-dealkylation sites (tertiary alicyclic amines) is 1. The molecule has 0 spiro atoms. The molecule has 116 valence electrons. The Morgan fingerprint density at radius 3 is 2.55 bits per heavy atom. The maximum atomic E-state index is 12.0. The first-order chi connectivity index (χ1) is 9.44. The van der Waals surface area contributed by atoms with E-state index < -0.39 is 5.60 Å². The van der Waals surface area contributed by atoms with Gasteiger partial charge in [-0.25, -0.2) is 4.79 Å². The Kier molecular flexibility index (Phi) is 5.27. The van der Waals surface area contributed by atoms with E-state index in [-0.39, 0.29) is 6.09 Å². The molecular formula is C15H28N2O3. The predicted octanol–water partition coefficient (Wildman–Crippen LogP) is 2.01. The molecule has 0 aromatic rings. The van der Waals surface area contributed by atoms with Gasteiger partial charge >= 0.3 is 6.09 Å². The zero-order valence-corrected chi connectivity index (χ0v) is 13.0. The van der Waals surface area contributed by atoms with Crippen molar-refractivity contribution in [2.75, 3.05) is 32.8 Å². The average molecular weight is 284 g/mol. The second-order valence-corrected chi connectivity index (χ2v) is 6.88. The van der Waals surface area contributed by atoms with Gasteiger partial charge in [0.2, 0.25) is 0 Å². The Hall–Kier alpha value is -0.810. The maximum absolute atomic E-state index is 12.0. The van der Waals surface area contributed by atoms with Crippen LogP contribution >= 0.6 is 0 Å². The van der Waals surface area contributed by atoms with E-state index in [0.29, 0.717) is 12.0 Å². The lowest BCUT2D eigenvalue weighted by Crippen LogP contribution is -2.47. The molecule has 1 N–H and O–H groups in total. The predicted molar refractivity (Wildman–Crippen MR) is 77.8 cm³/mol. The monoisotopic (exact) mass is 284 g/mol. The van der Waals surface area contributed by atoms with Crippen LogP contribution in [0, 0.1) is 5.92 Å². The summed E-state index contributed by atoms with van der Waals surface area (Å²) in [6.45, 7) is 10.1. The fourth-order valence-corrected chi connectivity index (χ4v) is 2.67. The zero-order chi connectivity index (χ0) is 14.6. The number of rotatable bonds is 3. The Labute approximate surface area is 122 Å². The number of nitrogens with zero attached hydrogens (tertiary/aromatic N) is 1. The van der Waals surface area contributed by atoms with Gasteiger partial charge in [0.25, 0.3) is 0 Å². The summed E-state index contributed by atoms with van der Waals surface area (Å²) in [6, 6.07) is 0.522. The summed E-state index contributed by atoms with van der Waals surface area (Å²) in [5, 5.41) is 3.61. The molecule has 20 heavy (non-hydrogen) atoms. The molecular weight excluding hydrogens is 256 g/mol. The Balaban J connectivity index is 1.65. The van der Waals surface area contributed by atoms with Gasteiger partial charge in [0, 0.05) is 32.3 Å². The molecule has 2 fully saturated rings. The highest BCUT2D eigenvalue weighted by Gasteiger charge is 2.27. The number of piperidine rings is 1. The maximum Gasteiger partial charge on any atom is 0.410 e. The molecule has 0 aliphatic carbocycles. The van der Waals surface area contributed by atoms with Gasteiger partial charge in [-0.1, -0.05) is 0 Å². The summed E-state index contributed by atoms with van der Waals surface area (Å²) in [5.74, 6) is 0.666. The van der Waals surface area contributed by atoms with Crippen LogP contribution in [0.5, 0.6) is 0 Å². The highest BCUT2D eigenvalue weighted by molar-refractivity contribution is 5.68. The van der Waals surface area contributed by atoms with E-state index >= 15 is 0 Å². The third kappa shape index (κ3) is 4.94. The van der Waals surface area contributed by atoms with Crippen molar-refractivity contribution in [1.29, 1.82) is 0 Å². The van der Waals surface area contributed by atoms with Crippen LogP contribution < -0.4 is 5.32 Å². The average Bonchev–Trinajstić information content (AvgIpc) is 2.88. The number of ether oxygens (including phenoxy) is 2. The van der Waals surface area contributed by atoms with E-state index in [2.05, 4.69) is 5.32 Å². The van der Waals surface area contributed by atoms with Crippen LogP contribution in [0.4, 0.5) is 4.79 Å². The minimum atomic E-state index is -0.408. The SMILES string of the molecule is CC(C)(C)OC(=O)N1CCC(NCC2CCOC2)CC1. The van der Waals surface area contributed by atoms with Crippen molar-refractivity contribution in [2.24, 2.45) is 5.92 Å². The van der Waals surface area contributed by atoms with E-state index in [1.165, 1.54) is 6.42 Å².